The zero-order valence-electron chi connectivity index (χ0n) is 18.7. The molecule has 5 nitrogen and oxygen atoms in total. The zero-order chi connectivity index (χ0) is 22.4. The lowest BCUT2D eigenvalue weighted by atomic mass is 9.99. The second-order valence-corrected chi connectivity index (χ2v) is 8.52. The highest BCUT2D eigenvalue weighted by atomic mass is 16.4. The van der Waals surface area contributed by atoms with E-state index in [0.29, 0.717) is 18.0 Å². The first kappa shape index (κ1) is 22.6. The maximum atomic E-state index is 13.0. The summed E-state index contributed by atoms with van der Waals surface area (Å²) in [4.78, 5) is 24.6. The molecule has 1 aromatic heterocycles. The van der Waals surface area contributed by atoms with E-state index >= 15 is 0 Å². The number of aromatic nitrogens is 2. The van der Waals surface area contributed by atoms with Gasteiger partial charge in [-0.3, -0.25) is 9.13 Å². The minimum Gasteiger partial charge on any atom is -0.478 e. The number of aromatic carboxylic acids is 1. The molecule has 0 amide bonds. The van der Waals surface area contributed by atoms with E-state index in [1.54, 1.807) is 12.1 Å². The number of hydrogen-bond acceptors (Lipinski definition) is 2. The van der Waals surface area contributed by atoms with Gasteiger partial charge in [-0.05, 0) is 47.9 Å². The minimum absolute atomic E-state index is 0.0482. The van der Waals surface area contributed by atoms with Crippen LogP contribution in [0.1, 0.15) is 61.6 Å². The molecule has 0 unspecified atom stereocenters. The molecule has 0 radical (unpaired) electrons. The van der Waals surface area contributed by atoms with Crippen molar-refractivity contribution in [1.29, 1.82) is 0 Å². The van der Waals surface area contributed by atoms with Crippen LogP contribution in [-0.4, -0.2) is 20.2 Å². The molecule has 1 N–H and O–H groups in total. The van der Waals surface area contributed by atoms with Gasteiger partial charge in [0.05, 0.1) is 12.1 Å². The van der Waals surface area contributed by atoms with Gasteiger partial charge in [-0.25, -0.2) is 9.59 Å². The number of hydrogen-bond donors (Lipinski definition) is 1. The molecule has 31 heavy (non-hydrogen) atoms. The van der Waals surface area contributed by atoms with Crippen molar-refractivity contribution < 1.29 is 9.90 Å². The van der Waals surface area contributed by atoms with Crippen molar-refractivity contribution >= 4 is 5.97 Å². The molecule has 3 aromatic rings. The Labute approximate surface area is 184 Å². The van der Waals surface area contributed by atoms with Crippen molar-refractivity contribution in [2.75, 3.05) is 0 Å². The lowest BCUT2D eigenvalue weighted by Crippen LogP contribution is -2.26. The molecule has 1 heterocycles. The molecule has 0 fully saturated rings. The van der Waals surface area contributed by atoms with E-state index in [-0.39, 0.29) is 11.3 Å². The maximum Gasteiger partial charge on any atom is 0.336 e. The summed E-state index contributed by atoms with van der Waals surface area (Å²) in [5, 5.41) is 9.45. The first-order valence-corrected chi connectivity index (χ1v) is 11.1. The van der Waals surface area contributed by atoms with Crippen molar-refractivity contribution in [3.05, 3.63) is 82.0 Å². The van der Waals surface area contributed by atoms with E-state index in [4.69, 9.17) is 0 Å². The number of benzene rings is 2. The molecular formula is C26H32N2O3. The molecule has 5 heteroatoms. The van der Waals surface area contributed by atoms with Gasteiger partial charge in [-0.1, -0.05) is 69.7 Å². The van der Waals surface area contributed by atoms with E-state index in [1.807, 2.05) is 51.7 Å². The molecule has 0 aliphatic rings. The average molecular weight is 421 g/mol. The summed E-state index contributed by atoms with van der Waals surface area (Å²) >= 11 is 0. The maximum absolute atomic E-state index is 13.0. The summed E-state index contributed by atoms with van der Waals surface area (Å²) in [6.45, 7) is 7.76. The number of nitrogens with zero attached hydrogens (tertiary/aromatic N) is 2. The second-order valence-electron chi connectivity index (χ2n) is 8.52. The van der Waals surface area contributed by atoms with Gasteiger partial charge in [0, 0.05) is 18.4 Å². The Balaban J connectivity index is 1.87. The zero-order valence-corrected chi connectivity index (χ0v) is 18.7. The van der Waals surface area contributed by atoms with Crippen LogP contribution in [0.2, 0.25) is 0 Å². The van der Waals surface area contributed by atoms with Crippen LogP contribution in [0.25, 0.3) is 11.1 Å². The number of unbranched alkanes of at least 4 members (excludes halogenated alkanes) is 1. The van der Waals surface area contributed by atoms with Crippen LogP contribution in [0.15, 0.2) is 59.5 Å². The Morgan fingerprint density at radius 3 is 2.42 bits per heavy atom. The third kappa shape index (κ3) is 5.54. The summed E-state index contributed by atoms with van der Waals surface area (Å²) in [5.41, 5.74) is 3.99. The summed E-state index contributed by atoms with van der Waals surface area (Å²) < 4.78 is 3.73. The molecule has 2 aromatic carbocycles. The highest BCUT2D eigenvalue weighted by molar-refractivity contribution is 5.95. The van der Waals surface area contributed by atoms with Crippen LogP contribution >= 0.6 is 0 Å². The van der Waals surface area contributed by atoms with Gasteiger partial charge < -0.3 is 5.11 Å². The molecular weight excluding hydrogens is 388 g/mol. The normalized spacial score (nSPS) is 11.2. The van der Waals surface area contributed by atoms with E-state index in [9.17, 15) is 14.7 Å². The lowest BCUT2D eigenvalue weighted by Gasteiger charge is -2.10. The summed E-state index contributed by atoms with van der Waals surface area (Å²) in [5.74, 6) is -0.384. The number of carbonyl (C=O) groups is 1. The number of rotatable bonds is 10. The number of imidazole rings is 1. The Morgan fingerprint density at radius 2 is 1.77 bits per heavy atom. The lowest BCUT2D eigenvalue weighted by molar-refractivity contribution is 0.0697. The van der Waals surface area contributed by atoms with Crippen LogP contribution in [0.3, 0.4) is 0 Å². The largest absolute Gasteiger partial charge is 0.478 e. The molecule has 164 valence electrons. The van der Waals surface area contributed by atoms with Crippen LogP contribution in [0.5, 0.6) is 0 Å². The highest BCUT2D eigenvalue weighted by Crippen LogP contribution is 2.24. The first-order chi connectivity index (χ1) is 14.9. The summed E-state index contributed by atoms with van der Waals surface area (Å²) in [6, 6.07) is 14.8. The van der Waals surface area contributed by atoms with E-state index in [0.717, 1.165) is 49.0 Å². The van der Waals surface area contributed by atoms with E-state index in [2.05, 4.69) is 20.8 Å². The fourth-order valence-corrected chi connectivity index (χ4v) is 3.76. The second kappa shape index (κ2) is 10.3. The molecule has 0 aliphatic heterocycles. The topological polar surface area (TPSA) is 64.2 Å². The Hall–Kier alpha value is -3.08. The van der Waals surface area contributed by atoms with Gasteiger partial charge in [0.15, 0.2) is 0 Å². The molecule has 0 saturated carbocycles. The van der Waals surface area contributed by atoms with Gasteiger partial charge in [0.2, 0.25) is 0 Å². The predicted molar refractivity (Wildman–Crippen MR) is 125 cm³/mol. The number of carboxylic acids is 1. The van der Waals surface area contributed by atoms with Gasteiger partial charge in [0.25, 0.3) is 0 Å². The van der Waals surface area contributed by atoms with Gasteiger partial charge in [0.1, 0.15) is 0 Å². The third-order valence-electron chi connectivity index (χ3n) is 5.63. The van der Waals surface area contributed by atoms with Gasteiger partial charge >= 0.3 is 11.7 Å². The minimum atomic E-state index is -0.936. The Kier molecular flexibility index (Phi) is 7.50. The smallest absolute Gasteiger partial charge is 0.336 e. The SMILES string of the molecule is CCCCc1cn(CCC(C)C)c(=O)n1Cc1ccc(-c2ccccc2C(=O)O)cc1. The van der Waals surface area contributed by atoms with Crippen molar-refractivity contribution in [1.82, 2.24) is 9.13 Å². The molecule has 0 spiro atoms. The predicted octanol–water partition coefficient (Wildman–Crippen LogP) is 5.45. The first-order valence-electron chi connectivity index (χ1n) is 11.1. The van der Waals surface area contributed by atoms with Crippen molar-refractivity contribution in [3.63, 3.8) is 0 Å². The van der Waals surface area contributed by atoms with Crippen LogP contribution in [-0.2, 0) is 19.5 Å². The quantitative estimate of drug-likeness (QED) is 0.474. The summed E-state index contributed by atoms with van der Waals surface area (Å²) in [7, 11) is 0. The van der Waals surface area contributed by atoms with Crippen LogP contribution in [0.4, 0.5) is 0 Å². The fraction of sp³-hybridized carbons (Fsp3) is 0.385. The van der Waals surface area contributed by atoms with Gasteiger partial charge in [-0.2, -0.15) is 0 Å². The Bertz CT molecular complexity index is 1070. The molecule has 0 bridgehead atoms. The monoisotopic (exact) mass is 420 g/mol. The average Bonchev–Trinajstić information content (AvgIpc) is 3.06. The fourth-order valence-electron chi connectivity index (χ4n) is 3.76. The van der Waals surface area contributed by atoms with Crippen molar-refractivity contribution in [2.24, 2.45) is 5.92 Å². The van der Waals surface area contributed by atoms with E-state index in [1.165, 1.54) is 0 Å². The van der Waals surface area contributed by atoms with Crippen LogP contribution < -0.4 is 5.69 Å². The molecule has 0 saturated heterocycles. The number of carboxylic acid groups (broad SMARTS) is 1. The number of aryl methyl sites for hydroxylation is 2. The Morgan fingerprint density at radius 1 is 1.06 bits per heavy atom. The van der Waals surface area contributed by atoms with Crippen LogP contribution in [0, 0.1) is 5.92 Å². The molecule has 3 rings (SSSR count). The van der Waals surface area contributed by atoms with Crippen molar-refractivity contribution in [3.8, 4) is 11.1 Å². The molecule has 0 aliphatic carbocycles. The summed E-state index contributed by atoms with van der Waals surface area (Å²) in [6.07, 6.45) is 6.04. The van der Waals surface area contributed by atoms with E-state index < -0.39 is 5.97 Å². The standard InChI is InChI=1S/C26H32N2O3/c1-4-5-8-22-18-27(16-15-19(2)3)26(31)28(22)17-20-11-13-21(14-12-20)23-9-6-7-10-24(23)25(29)30/h6-7,9-14,18-19H,4-5,8,15-17H2,1-3H3,(H,29,30). The third-order valence-corrected chi connectivity index (χ3v) is 5.63. The van der Waals surface area contributed by atoms with Gasteiger partial charge in [-0.15, -0.1) is 0 Å². The van der Waals surface area contributed by atoms with Crippen molar-refractivity contribution in [2.45, 2.75) is 59.5 Å². The molecule has 0 atom stereocenters. The highest BCUT2D eigenvalue weighted by Gasteiger charge is 2.13.